The van der Waals surface area contributed by atoms with Crippen molar-refractivity contribution in [3.8, 4) is 0 Å². The Balaban J connectivity index is 2.41. The summed E-state index contributed by atoms with van der Waals surface area (Å²) in [6, 6.07) is -0.390. The Bertz CT molecular complexity index is 495. The molecule has 1 N–H and O–H groups in total. The predicted molar refractivity (Wildman–Crippen MR) is 60.8 cm³/mol. The molecule has 1 atom stereocenters. The summed E-state index contributed by atoms with van der Waals surface area (Å²) in [6.45, 7) is 0. The maximum Gasteiger partial charge on any atom is 0.500 e. The average molecular weight is 255 g/mol. The topological polar surface area (TPSA) is 77.7 Å². The van der Waals surface area contributed by atoms with Crippen LogP contribution in [0.3, 0.4) is 0 Å². The van der Waals surface area contributed by atoms with E-state index in [2.05, 4.69) is 0 Å². The number of hydrogen-bond donors (Lipinski definition) is 1. The summed E-state index contributed by atoms with van der Waals surface area (Å²) < 4.78 is 1.39. The molecule has 0 spiro atoms. The molecule has 0 aromatic heterocycles. The third kappa shape index (κ3) is 1.76. The van der Waals surface area contributed by atoms with Crippen molar-refractivity contribution < 1.29 is 24.1 Å². The molecule has 0 bridgehead atoms. The standard InChI is InChI=1S/C10H10N2O4S/c1-11-8(15)7-5(3-6(13)14)4-17-9(7)12(2)10(11)16/h4,7H,3H2,1-2H3/p+1. The van der Waals surface area contributed by atoms with Gasteiger partial charge in [-0.25, -0.2) is 4.79 Å². The van der Waals surface area contributed by atoms with Crippen LogP contribution >= 0.6 is 11.8 Å². The SMILES string of the molecule is CN1C(=O)C2C(CC(=O)O)=CSC2=[N+](C)C1=O. The number of aliphatic carboxylic acids is 1. The van der Waals surface area contributed by atoms with Gasteiger partial charge in [-0.05, 0) is 11.0 Å². The molecule has 0 aliphatic carbocycles. The van der Waals surface area contributed by atoms with E-state index in [4.69, 9.17) is 5.11 Å². The third-order valence-corrected chi connectivity index (χ3v) is 3.96. The summed E-state index contributed by atoms with van der Waals surface area (Å²) in [7, 11) is 2.98. The molecule has 1 unspecified atom stereocenters. The first kappa shape index (κ1) is 11.8. The van der Waals surface area contributed by atoms with E-state index in [1.807, 2.05) is 0 Å². The number of carbonyl (C=O) groups is 3. The van der Waals surface area contributed by atoms with Gasteiger partial charge in [0, 0.05) is 0 Å². The number of nitrogens with zero attached hydrogens (tertiary/aromatic N) is 2. The molecule has 2 heterocycles. The number of carboxylic acid groups (broad SMARTS) is 1. The zero-order valence-corrected chi connectivity index (χ0v) is 10.2. The Kier molecular flexibility index (Phi) is 2.78. The lowest BCUT2D eigenvalue weighted by Crippen LogP contribution is -2.50. The van der Waals surface area contributed by atoms with Crippen molar-refractivity contribution in [2.24, 2.45) is 5.92 Å². The number of urea groups is 1. The largest absolute Gasteiger partial charge is 0.500 e. The molecule has 0 radical (unpaired) electrons. The summed E-state index contributed by atoms with van der Waals surface area (Å²) in [5, 5.41) is 11.0. The third-order valence-electron chi connectivity index (χ3n) is 2.79. The molecule has 0 aromatic carbocycles. The summed E-state index contributed by atoms with van der Waals surface area (Å²) >= 11 is 1.24. The van der Waals surface area contributed by atoms with Crippen LogP contribution < -0.4 is 0 Å². The van der Waals surface area contributed by atoms with Crippen LogP contribution in [0.4, 0.5) is 4.79 Å². The van der Waals surface area contributed by atoms with E-state index in [9.17, 15) is 14.4 Å². The second kappa shape index (κ2) is 3.99. The van der Waals surface area contributed by atoms with Crippen molar-refractivity contribution >= 4 is 34.7 Å². The number of imide groups is 1. The Morgan fingerprint density at radius 3 is 2.82 bits per heavy atom. The first-order valence-electron chi connectivity index (χ1n) is 4.93. The van der Waals surface area contributed by atoms with Crippen molar-refractivity contribution in [3.63, 3.8) is 0 Å². The van der Waals surface area contributed by atoms with Crippen LogP contribution in [0.5, 0.6) is 0 Å². The maximum absolute atomic E-state index is 12.0. The lowest BCUT2D eigenvalue weighted by atomic mass is 9.96. The highest BCUT2D eigenvalue weighted by Gasteiger charge is 2.49. The molecule has 0 fully saturated rings. The maximum atomic E-state index is 12.0. The summed E-state index contributed by atoms with van der Waals surface area (Å²) in [4.78, 5) is 35.4. The predicted octanol–water partition coefficient (Wildman–Crippen LogP) is 0.341. The first-order valence-corrected chi connectivity index (χ1v) is 5.81. The minimum atomic E-state index is -0.979. The van der Waals surface area contributed by atoms with Crippen molar-refractivity contribution in [1.82, 2.24) is 4.90 Å². The van der Waals surface area contributed by atoms with Crippen LogP contribution in [0.2, 0.25) is 0 Å². The van der Waals surface area contributed by atoms with Crippen LogP contribution in [0.1, 0.15) is 6.42 Å². The van der Waals surface area contributed by atoms with Gasteiger partial charge >= 0.3 is 17.9 Å². The van der Waals surface area contributed by atoms with Crippen LogP contribution in [-0.4, -0.2) is 51.6 Å². The number of carbonyl (C=O) groups excluding carboxylic acids is 2. The van der Waals surface area contributed by atoms with Gasteiger partial charge in [-0.3, -0.25) is 4.79 Å². The molecule has 7 heteroatoms. The molecule has 0 saturated heterocycles. The van der Waals surface area contributed by atoms with E-state index in [0.29, 0.717) is 10.6 Å². The van der Waals surface area contributed by atoms with Gasteiger partial charge in [0.15, 0.2) is 11.0 Å². The quantitative estimate of drug-likeness (QED) is 0.720. The lowest BCUT2D eigenvalue weighted by Gasteiger charge is -2.21. The van der Waals surface area contributed by atoms with Gasteiger partial charge < -0.3 is 5.11 Å². The molecular formula is C10H11N2O4S+. The molecular weight excluding hydrogens is 244 g/mol. The highest BCUT2D eigenvalue weighted by atomic mass is 32.2. The van der Waals surface area contributed by atoms with E-state index >= 15 is 0 Å². The van der Waals surface area contributed by atoms with Crippen molar-refractivity contribution in [3.05, 3.63) is 11.0 Å². The highest BCUT2D eigenvalue weighted by molar-refractivity contribution is 8.16. The summed E-state index contributed by atoms with van der Waals surface area (Å²) in [6.07, 6.45) is -0.178. The second-order valence-electron chi connectivity index (χ2n) is 3.89. The Hall–Kier alpha value is -1.63. The Morgan fingerprint density at radius 1 is 1.59 bits per heavy atom. The number of hydrogen-bond acceptors (Lipinski definition) is 4. The van der Waals surface area contributed by atoms with Gasteiger partial charge in [-0.15, -0.1) is 0 Å². The van der Waals surface area contributed by atoms with Crippen LogP contribution in [0.25, 0.3) is 0 Å². The number of carboxylic acids is 1. The van der Waals surface area contributed by atoms with E-state index in [1.54, 1.807) is 12.5 Å². The van der Waals surface area contributed by atoms with Crippen LogP contribution in [0.15, 0.2) is 11.0 Å². The number of thioether (sulfide) groups is 1. The molecule has 3 amide bonds. The molecule has 0 aromatic rings. The molecule has 6 nitrogen and oxygen atoms in total. The van der Waals surface area contributed by atoms with Gasteiger partial charge in [0.25, 0.3) is 0 Å². The fourth-order valence-electron chi connectivity index (χ4n) is 1.89. The van der Waals surface area contributed by atoms with Gasteiger partial charge in [0.2, 0.25) is 0 Å². The molecule has 90 valence electrons. The minimum Gasteiger partial charge on any atom is -0.481 e. The molecule has 0 saturated carbocycles. The van der Waals surface area contributed by atoms with Gasteiger partial charge in [-0.1, -0.05) is 11.8 Å². The monoisotopic (exact) mass is 255 g/mol. The molecule has 2 aliphatic rings. The normalized spacial score (nSPS) is 24.0. The fraction of sp³-hybridized carbons (Fsp3) is 0.400. The summed E-state index contributed by atoms with van der Waals surface area (Å²) in [5.74, 6) is -1.95. The Labute approximate surface area is 102 Å². The van der Waals surface area contributed by atoms with Crippen molar-refractivity contribution in [2.75, 3.05) is 14.1 Å². The van der Waals surface area contributed by atoms with Crippen LogP contribution in [0, 0.1) is 5.92 Å². The molecule has 17 heavy (non-hydrogen) atoms. The van der Waals surface area contributed by atoms with Crippen molar-refractivity contribution in [2.45, 2.75) is 6.42 Å². The van der Waals surface area contributed by atoms with E-state index in [0.717, 1.165) is 4.90 Å². The minimum absolute atomic E-state index is 0.178. The van der Waals surface area contributed by atoms with Gasteiger partial charge in [0.1, 0.15) is 0 Å². The number of fused-ring (bicyclic) bond motifs is 1. The smallest absolute Gasteiger partial charge is 0.481 e. The highest BCUT2D eigenvalue weighted by Crippen LogP contribution is 2.36. The van der Waals surface area contributed by atoms with E-state index in [-0.39, 0.29) is 12.3 Å². The second-order valence-corrected chi connectivity index (χ2v) is 4.78. The summed E-state index contributed by atoms with van der Waals surface area (Å²) in [5.41, 5.74) is 0.536. The van der Waals surface area contributed by atoms with Gasteiger partial charge in [-0.2, -0.15) is 14.3 Å². The van der Waals surface area contributed by atoms with E-state index < -0.39 is 17.9 Å². The fourth-order valence-corrected chi connectivity index (χ4v) is 3.01. The van der Waals surface area contributed by atoms with Crippen LogP contribution in [-0.2, 0) is 9.59 Å². The van der Waals surface area contributed by atoms with E-state index in [1.165, 1.54) is 23.4 Å². The number of rotatable bonds is 2. The first-order chi connectivity index (χ1) is 7.93. The average Bonchev–Trinajstić information content (AvgIpc) is 2.66. The Morgan fingerprint density at radius 2 is 2.24 bits per heavy atom. The van der Waals surface area contributed by atoms with Crippen molar-refractivity contribution in [1.29, 1.82) is 0 Å². The zero-order valence-electron chi connectivity index (χ0n) is 9.34. The lowest BCUT2D eigenvalue weighted by molar-refractivity contribution is -0.403. The zero-order chi connectivity index (χ0) is 12.7. The molecule has 2 rings (SSSR count). The number of amides is 3. The molecule has 2 aliphatic heterocycles. The van der Waals surface area contributed by atoms with Gasteiger partial charge in [0.05, 0.1) is 20.5 Å².